The van der Waals surface area contributed by atoms with Gasteiger partial charge in [0.1, 0.15) is 5.75 Å². The molecule has 0 aliphatic heterocycles. The van der Waals surface area contributed by atoms with E-state index in [1.54, 1.807) is 12.1 Å². The summed E-state index contributed by atoms with van der Waals surface area (Å²) in [6.45, 7) is 1.91. The van der Waals surface area contributed by atoms with Crippen molar-refractivity contribution >= 4 is 21.9 Å². The van der Waals surface area contributed by atoms with E-state index < -0.39 is 5.97 Å². The van der Waals surface area contributed by atoms with Crippen molar-refractivity contribution in [3.05, 3.63) is 33.9 Å². The van der Waals surface area contributed by atoms with Gasteiger partial charge in [-0.15, -0.1) is 0 Å². The Labute approximate surface area is 111 Å². The Balaban J connectivity index is 2.55. The van der Waals surface area contributed by atoms with Crippen LogP contribution >= 0.6 is 15.9 Å². The second kappa shape index (κ2) is 4.81. The first-order valence-corrected chi connectivity index (χ1v) is 6.04. The van der Waals surface area contributed by atoms with Gasteiger partial charge < -0.3 is 14.7 Å². The van der Waals surface area contributed by atoms with Gasteiger partial charge in [-0.05, 0) is 24.1 Å². The molecule has 0 radical (unpaired) electrons. The van der Waals surface area contributed by atoms with E-state index in [1.165, 1.54) is 6.07 Å². The number of aromatic hydroxyl groups is 1. The summed E-state index contributed by atoms with van der Waals surface area (Å²) in [6, 6.07) is 4.73. The number of phenols is 1. The van der Waals surface area contributed by atoms with E-state index in [4.69, 9.17) is 9.63 Å². The molecule has 0 spiro atoms. The lowest BCUT2D eigenvalue weighted by atomic mass is 10.0. The molecule has 0 atom stereocenters. The number of halogens is 1. The van der Waals surface area contributed by atoms with Crippen LogP contribution in [0.2, 0.25) is 0 Å². The van der Waals surface area contributed by atoms with Crippen molar-refractivity contribution in [2.24, 2.45) is 0 Å². The smallest absolute Gasteiger partial charge is 0.358 e. The van der Waals surface area contributed by atoms with E-state index in [-0.39, 0.29) is 17.2 Å². The van der Waals surface area contributed by atoms with Gasteiger partial charge in [-0.25, -0.2) is 4.79 Å². The van der Waals surface area contributed by atoms with Crippen molar-refractivity contribution in [3.8, 4) is 17.1 Å². The van der Waals surface area contributed by atoms with E-state index >= 15 is 0 Å². The molecule has 2 aromatic rings. The predicted octanol–water partition coefficient (Wildman–Crippen LogP) is 3.07. The molecule has 0 aliphatic rings. The molecule has 0 bridgehead atoms. The van der Waals surface area contributed by atoms with Gasteiger partial charge in [0.15, 0.2) is 11.5 Å². The van der Waals surface area contributed by atoms with Crippen LogP contribution in [0.4, 0.5) is 0 Å². The van der Waals surface area contributed by atoms with Crippen LogP contribution < -0.4 is 0 Å². The Morgan fingerprint density at radius 1 is 1.44 bits per heavy atom. The van der Waals surface area contributed by atoms with Crippen LogP contribution in [-0.2, 0) is 6.42 Å². The van der Waals surface area contributed by atoms with Gasteiger partial charge in [0.2, 0.25) is 0 Å². The maximum atomic E-state index is 10.7. The normalized spacial score (nSPS) is 10.6. The molecule has 1 aromatic carbocycles. The number of aromatic carboxylic acids is 1. The average molecular weight is 312 g/mol. The summed E-state index contributed by atoms with van der Waals surface area (Å²) in [5.74, 6) is -0.870. The van der Waals surface area contributed by atoms with Crippen LogP contribution in [0.25, 0.3) is 11.3 Å². The molecule has 1 aromatic heterocycles. The molecule has 1 heterocycles. The zero-order valence-electron chi connectivity index (χ0n) is 9.48. The molecule has 0 saturated heterocycles. The third-order valence-corrected chi connectivity index (χ3v) is 2.99. The van der Waals surface area contributed by atoms with Crippen molar-refractivity contribution in [2.75, 3.05) is 0 Å². The largest absolute Gasteiger partial charge is 0.507 e. The fourth-order valence-electron chi connectivity index (χ4n) is 1.62. The maximum absolute atomic E-state index is 10.7. The number of carboxylic acid groups (broad SMARTS) is 1. The number of carbonyl (C=O) groups is 1. The molecule has 2 N–H and O–H groups in total. The van der Waals surface area contributed by atoms with Crippen LogP contribution in [0.5, 0.6) is 5.75 Å². The number of nitrogens with zero attached hydrogens (tertiary/aromatic N) is 1. The zero-order chi connectivity index (χ0) is 13.3. The summed E-state index contributed by atoms with van der Waals surface area (Å²) in [5, 5.41) is 22.3. The number of aromatic nitrogens is 1. The topological polar surface area (TPSA) is 83.6 Å². The fraction of sp³-hybridized carbons (Fsp3) is 0.167. The number of carboxylic acids is 1. The van der Waals surface area contributed by atoms with Gasteiger partial charge in [-0.2, -0.15) is 0 Å². The monoisotopic (exact) mass is 311 g/mol. The average Bonchev–Trinajstić information content (AvgIpc) is 2.81. The first-order valence-electron chi connectivity index (χ1n) is 5.24. The predicted molar refractivity (Wildman–Crippen MR) is 67.6 cm³/mol. The molecule has 5 nitrogen and oxygen atoms in total. The van der Waals surface area contributed by atoms with Gasteiger partial charge in [0.25, 0.3) is 0 Å². The number of aryl methyl sites for hydroxylation is 1. The highest BCUT2D eigenvalue weighted by Crippen LogP contribution is 2.35. The van der Waals surface area contributed by atoms with Crippen molar-refractivity contribution < 1.29 is 19.5 Å². The molecular formula is C12H10BrNO4. The molecule has 94 valence electrons. The molecule has 0 amide bonds. The molecule has 0 saturated carbocycles. The minimum atomic E-state index is -1.17. The Morgan fingerprint density at radius 2 is 2.17 bits per heavy atom. The van der Waals surface area contributed by atoms with Gasteiger partial charge in [-0.1, -0.05) is 28.0 Å². The van der Waals surface area contributed by atoms with Crippen LogP contribution in [0.1, 0.15) is 23.0 Å². The lowest BCUT2D eigenvalue weighted by Gasteiger charge is -2.06. The van der Waals surface area contributed by atoms with Crippen molar-refractivity contribution in [1.29, 1.82) is 0 Å². The minimum Gasteiger partial charge on any atom is -0.507 e. The standard InChI is InChI=1S/C12H10BrNO4/c1-2-6-3-7(13)4-8(11(6)15)10-5-9(12(16)17)14-18-10/h3-5,15H,2H2,1H3,(H,16,17). The van der Waals surface area contributed by atoms with Gasteiger partial charge in [0, 0.05) is 10.5 Å². The van der Waals surface area contributed by atoms with E-state index in [0.717, 1.165) is 10.0 Å². The summed E-state index contributed by atoms with van der Waals surface area (Å²) in [6.07, 6.45) is 0.651. The molecule has 18 heavy (non-hydrogen) atoms. The summed E-state index contributed by atoms with van der Waals surface area (Å²) >= 11 is 3.33. The molecular weight excluding hydrogens is 302 g/mol. The Morgan fingerprint density at radius 3 is 2.72 bits per heavy atom. The number of phenolic OH excluding ortho intramolecular Hbond substituents is 1. The number of hydrogen-bond acceptors (Lipinski definition) is 4. The van der Waals surface area contributed by atoms with E-state index in [9.17, 15) is 9.90 Å². The number of rotatable bonds is 3. The lowest BCUT2D eigenvalue weighted by molar-refractivity contribution is 0.0686. The molecule has 0 aliphatic carbocycles. The Hall–Kier alpha value is -1.82. The molecule has 6 heteroatoms. The molecule has 2 rings (SSSR count). The van der Waals surface area contributed by atoms with Crippen LogP contribution in [0.15, 0.2) is 27.2 Å². The summed E-state index contributed by atoms with van der Waals surface area (Å²) < 4.78 is 5.71. The minimum absolute atomic E-state index is 0.0776. The summed E-state index contributed by atoms with van der Waals surface area (Å²) in [4.78, 5) is 10.7. The van der Waals surface area contributed by atoms with Gasteiger partial charge in [0.05, 0.1) is 5.56 Å². The van der Waals surface area contributed by atoms with E-state index in [1.807, 2.05) is 6.92 Å². The zero-order valence-corrected chi connectivity index (χ0v) is 11.1. The third kappa shape index (κ3) is 2.24. The fourth-order valence-corrected chi connectivity index (χ4v) is 2.12. The van der Waals surface area contributed by atoms with Gasteiger partial charge >= 0.3 is 5.97 Å². The molecule has 0 fully saturated rings. The second-order valence-electron chi connectivity index (χ2n) is 3.70. The number of benzene rings is 1. The Kier molecular flexibility index (Phi) is 3.38. The highest BCUT2D eigenvalue weighted by atomic mass is 79.9. The second-order valence-corrected chi connectivity index (χ2v) is 4.61. The van der Waals surface area contributed by atoms with Crippen LogP contribution in [0.3, 0.4) is 0 Å². The SMILES string of the molecule is CCc1cc(Br)cc(-c2cc(C(=O)O)no2)c1O. The lowest BCUT2D eigenvalue weighted by Crippen LogP contribution is -1.94. The highest BCUT2D eigenvalue weighted by molar-refractivity contribution is 9.10. The van der Waals surface area contributed by atoms with Crippen molar-refractivity contribution in [3.63, 3.8) is 0 Å². The molecule has 0 unspecified atom stereocenters. The van der Waals surface area contributed by atoms with Gasteiger partial charge in [-0.3, -0.25) is 0 Å². The van der Waals surface area contributed by atoms with Crippen molar-refractivity contribution in [1.82, 2.24) is 5.16 Å². The first kappa shape index (κ1) is 12.6. The quantitative estimate of drug-likeness (QED) is 0.910. The van der Waals surface area contributed by atoms with E-state index in [2.05, 4.69) is 21.1 Å². The third-order valence-electron chi connectivity index (χ3n) is 2.53. The highest BCUT2D eigenvalue weighted by Gasteiger charge is 2.17. The summed E-state index contributed by atoms with van der Waals surface area (Å²) in [7, 11) is 0. The van der Waals surface area contributed by atoms with E-state index in [0.29, 0.717) is 12.0 Å². The maximum Gasteiger partial charge on any atom is 0.358 e. The number of hydrogen-bond donors (Lipinski definition) is 2. The summed E-state index contributed by atoms with van der Waals surface area (Å²) in [5.41, 5.74) is 0.969. The van der Waals surface area contributed by atoms with Crippen molar-refractivity contribution in [2.45, 2.75) is 13.3 Å². The first-order chi connectivity index (χ1) is 8.52. The van der Waals surface area contributed by atoms with Crippen LogP contribution in [0, 0.1) is 0 Å². The Bertz CT molecular complexity index is 606. The van der Waals surface area contributed by atoms with Crippen LogP contribution in [-0.4, -0.2) is 21.3 Å².